The Morgan fingerprint density at radius 2 is 2.13 bits per heavy atom. The molecule has 0 atom stereocenters. The second-order valence-electron chi connectivity index (χ2n) is 4.92. The van der Waals surface area contributed by atoms with E-state index in [1.807, 2.05) is 0 Å². The summed E-state index contributed by atoms with van der Waals surface area (Å²) < 4.78 is 0. The van der Waals surface area contributed by atoms with Gasteiger partial charge in [0.05, 0.1) is 22.8 Å². The van der Waals surface area contributed by atoms with Crippen molar-refractivity contribution in [2.45, 2.75) is 6.54 Å². The van der Waals surface area contributed by atoms with E-state index in [2.05, 4.69) is 15.3 Å². The van der Waals surface area contributed by atoms with E-state index in [1.165, 1.54) is 12.1 Å². The van der Waals surface area contributed by atoms with E-state index in [1.54, 1.807) is 36.6 Å². The highest BCUT2D eigenvalue weighted by Gasteiger charge is 2.12. The number of carbonyl (C=O) groups excluding carboxylic acids is 1. The standard InChI is InChI=1S/C15H15ClN4O3/c1-20(8-11-7-17-4-5-18-11)9-14(21)19-10-2-3-13(16)12(6-10)15(22)23/h2-7H,8-9H2,1H3,(H,19,21)(H,22,23). The molecule has 1 aromatic heterocycles. The van der Waals surface area contributed by atoms with Crippen LogP contribution in [0.3, 0.4) is 0 Å². The van der Waals surface area contributed by atoms with Crippen LogP contribution in [0.4, 0.5) is 5.69 Å². The number of aromatic carboxylic acids is 1. The predicted octanol–water partition coefficient (Wildman–Crippen LogP) is 1.90. The lowest BCUT2D eigenvalue weighted by Gasteiger charge is -2.15. The zero-order valence-corrected chi connectivity index (χ0v) is 13.1. The van der Waals surface area contributed by atoms with Gasteiger partial charge in [-0.15, -0.1) is 0 Å². The zero-order chi connectivity index (χ0) is 16.8. The number of halogens is 1. The van der Waals surface area contributed by atoms with Crippen LogP contribution < -0.4 is 5.32 Å². The Hall–Kier alpha value is -2.51. The van der Waals surface area contributed by atoms with Crippen molar-refractivity contribution in [1.82, 2.24) is 14.9 Å². The number of carbonyl (C=O) groups is 2. The van der Waals surface area contributed by atoms with E-state index in [9.17, 15) is 9.59 Å². The average Bonchev–Trinajstić information content (AvgIpc) is 2.49. The number of anilines is 1. The Balaban J connectivity index is 1.94. The maximum Gasteiger partial charge on any atom is 0.337 e. The number of carboxylic acids is 1. The highest BCUT2D eigenvalue weighted by Crippen LogP contribution is 2.20. The van der Waals surface area contributed by atoms with Gasteiger partial charge in [0.2, 0.25) is 5.91 Å². The fourth-order valence-corrected chi connectivity index (χ4v) is 2.16. The minimum Gasteiger partial charge on any atom is -0.478 e. The average molecular weight is 335 g/mol. The van der Waals surface area contributed by atoms with Gasteiger partial charge in [-0.25, -0.2) is 4.79 Å². The Kier molecular flexibility index (Phi) is 5.61. The van der Waals surface area contributed by atoms with Crippen molar-refractivity contribution in [3.63, 3.8) is 0 Å². The quantitative estimate of drug-likeness (QED) is 0.837. The number of rotatable bonds is 6. The van der Waals surface area contributed by atoms with Crippen LogP contribution in [0, 0.1) is 0 Å². The van der Waals surface area contributed by atoms with Crippen molar-refractivity contribution < 1.29 is 14.7 Å². The van der Waals surface area contributed by atoms with Crippen LogP contribution in [0.2, 0.25) is 5.02 Å². The first-order chi connectivity index (χ1) is 11.0. The van der Waals surface area contributed by atoms with E-state index >= 15 is 0 Å². The third-order valence-corrected chi connectivity index (χ3v) is 3.27. The first kappa shape index (κ1) is 16.9. The minimum atomic E-state index is -1.15. The van der Waals surface area contributed by atoms with E-state index in [0.717, 1.165) is 5.69 Å². The summed E-state index contributed by atoms with van der Waals surface area (Å²) in [4.78, 5) is 32.9. The molecule has 0 unspecified atom stereocenters. The summed E-state index contributed by atoms with van der Waals surface area (Å²) in [5.41, 5.74) is 1.07. The predicted molar refractivity (Wildman–Crippen MR) is 85.4 cm³/mol. The monoisotopic (exact) mass is 334 g/mol. The Labute approximate surface area is 137 Å². The number of amides is 1. The van der Waals surface area contributed by atoms with Gasteiger partial charge in [-0.2, -0.15) is 0 Å². The van der Waals surface area contributed by atoms with Crippen molar-refractivity contribution in [2.24, 2.45) is 0 Å². The molecule has 8 heteroatoms. The molecular formula is C15H15ClN4O3. The fourth-order valence-electron chi connectivity index (χ4n) is 1.96. The van der Waals surface area contributed by atoms with Crippen LogP contribution in [-0.2, 0) is 11.3 Å². The molecule has 1 heterocycles. The number of nitrogens with one attached hydrogen (secondary N) is 1. The lowest BCUT2D eigenvalue weighted by Crippen LogP contribution is -2.30. The van der Waals surface area contributed by atoms with Gasteiger partial charge in [0, 0.05) is 30.8 Å². The van der Waals surface area contributed by atoms with Crippen molar-refractivity contribution in [3.8, 4) is 0 Å². The first-order valence-corrected chi connectivity index (χ1v) is 7.09. The summed E-state index contributed by atoms with van der Waals surface area (Å²) >= 11 is 5.79. The Morgan fingerprint density at radius 1 is 1.35 bits per heavy atom. The van der Waals surface area contributed by atoms with Gasteiger partial charge in [0.1, 0.15) is 0 Å². The maximum absolute atomic E-state index is 12.0. The van der Waals surface area contributed by atoms with Gasteiger partial charge in [-0.05, 0) is 25.2 Å². The zero-order valence-electron chi connectivity index (χ0n) is 12.4. The second kappa shape index (κ2) is 7.66. The topological polar surface area (TPSA) is 95.4 Å². The Morgan fingerprint density at radius 3 is 2.78 bits per heavy atom. The van der Waals surface area contributed by atoms with Crippen molar-refractivity contribution in [1.29, 1.82) is 0 Å². The molecule has 120 valence electrons. The molecule has 2 N–H and O–H groups in total. The fraction of sp³-hybridized carbons (Fsp3) is 0.200. The number of likely N-dealkylation sites (N-methyl/N-ethyl adjacent to an activating group) is 1. The summed E-state index contributed by atoms with van der Waals surface area (Å²) in [7, 11) is 1.78. The smallest absolute Gasteiger partial charge is 0.337 e. The first-order valence-electron chi connectivity index (χ1n) is 6.72. The van der Waals surface area contributed by atoms with E-state index < -0.39 is 5.97 Å². The molecule has 2 rings (SSSR count). The molecule has 23 heavy (non-hydrogen) atoms. The highest BCUT2D eigenvalue weighted by molar-refractivity contribution is 6.33. The molecule has 0 aliphatic carbocycles. The summed E-state index contributed by atoms with van der Waals surface area (Å²) in [6, 6.07) is 4.31. The molecule has 0 saturated heterocycles. The largest absolute Gasteiger partial charge is 0.478 e. The number of carboxylic acid groups (broad SMARTS) is 1. The summed E-state index contributed by atoms with van der Waals surface area (Å²) in [5, 5.41) is 11.8. The van der Waals surface area contributed by atoms with Gasteiger partial charge >= 0.3 is 5.97 Å². The van der Waals surface area contributed by atoms with Crippen molar-refractivity contribution in [3.05, 3.63) is 53.1 Å². The van der Waals surface area contributed by atoms with Gasteiger partial charge in [-0.3, -0.25) is 19.7 Å². The number of benzene rings is 1. The van der Waals surface area contributed by atoms with E-state index in [0.29, 0.717) is 12.2 Å². The third-order valence-electron chi connectivity index (χ3n) is 2.94. The summed E-state index contributed by atoms with van der Waals surface area (Å²) in [6.07, 6.45) is 4.80. The van der Waals surface area contributed by atoms with Crippen LogP contribution in [0.5, 0.6) is 0 Å². The van der Waals surface area contributed by atoms with Crippen molar-refractivity contribution >= 4 is 29.2 Å². The molecule has 0 spiro atoms. The van der Waals surface area contributed by atoms with Gasteiger partial charge < -0.3 is 10.4 Å². The maximum atomic E-state index is 12.0. The van der Waals surface area contributed by atoms with Crippen LogP contribution in [0.15, 0.2) is 36.8 Å². The highest BCUT2D eigenvalue weighted by atomic mass is 35.5. The molecule has 0 aliphatic heterocycles. The molecule has 2 aromatic rings. The molecule has 1 amide bonds. The molecule has 0 aliphatic rings. The SMILES string of the molecule is CN(CC(=O)Nc1ccc(Cl)c(C(=O)O)c1)Cc1cnccn1. The van der Waals surface area contributed by atoms with Crippen LogP contribution in [-0.4, -0.2) is 45.4 Å². The van der Waals surface area contributed by atoms with Gasteiger partial charge in [0.25, 0.3) is 0 Å². The molecule has 0 saturated carbocycles. The van der Waals surface area contributed by atoms with Crippen LogP contribution in [0.1, 0.15) is 16.1 Å². The van der Waals surface area contributed by atoms with Crippen LogP contribution >= 0.6 is 11.6 Å². The second-order valence-corrected chi connectivity index (χ2v) is 5.32. The van der Waals surface area contributed by atoms with Gasteiger partial charge in [-0.1, -0.05) is 11.6 Å². The lowest BCUT2D eigenvalue weighted by atomic mass is 10.2. The normalized spacial score (nSPS) is 10.6. The van der Waals surface area contributed by atoms with E-state index in [-0.39, 0.29) is 23.0 Å². The molecule has 0 fully saturated rings. The van der Waals surface area contributed by atoms with E-state index in [4.69, 9.17) is 16.7 Å². The number of hydrogen-bond acceptors (Lipinski definition) is 5. The minimum absolute atomic E-state index is 0.0580. The molecule has 1 aromatic carbocycles. The molecular weight excluding hydrogens is 320 g/mol. The lowest BCUT2D eigenvalue weighted by molar-refractivity contribution is -0.117. The van der Waals surface area contributed by atoms with Crippen molar-refractivity contribution in [2.75, 3.05) is 18.9 Å². The Bertz CT molecular complexity index is 709. The summed E-state index contributed by atoms with van der Waals surface area (Å²) in [6.45, 7) is 0.601. The molecule has 7 nitrogen and oxygen atoms in total. The number of nitrogens with zero attached hydrogens (tertiary/aromatic N) is 3. The number of hydrogen-bond donors (Lipinski definition) is 2. The molecule has 0 radical (unpaired) electrons. The van der Waals surface area contributed by atoms with Gasteiger partial charge in [0.15, 0.2) is 0 Å². The van der Waals surface area contributed by atoms with Crippen LogP contribution in [0.25, 0.3) is 0 Å². The summed E-state index contributed by atoms with van der Waals surface area (Å²) in [5.74, 6) is -1.42. The molecule has 0 bridgehead atoms. The third kappa shape index (κ3) is 5.01. The number of aromatic nitrogens is 2.